The number of benzene rings is 1. The summed E-state index contributed by atoms with van der Waals surface area (Å²) in [5, 5.41) is 0. The molecule has 1 atom stereocenters. The van der Waals surface area contributed by atoms with Crippen LogP contribution in [0.2, 0.25) is 0 Å². The maximum atomic E-state index is 12.9. The number of carbonyl (C=O) groups excluding carboxylic acids is 3. The van der Waals surface area contributed by atoms with Crippen LogP contribution in [0.1, 0.15) is 53.0 Å². The number of ketones is 1. The van der Waals surface area contributed by atoms with Crippen LogP contribution < -0.4 is 0 Å². The van der Waals surface area contributed by atoms with Gasteiger partial charge in [0.15, 0.2) is 0 Å². The van der Waals surface area contributed by atoms with Gasteiger partial charge < -0.3 is 9.64 Å². The zero-order valence-corrected chi connectivity index (χ0v) is 19.3. The largest absolute Gasteiger partial charge is 0.459 e. The number of likely N-dealkylation sites (N-methyl/N-ethyl adjacent to an activating group) is 1. The minimum atomic E-state index is -0.598. The first-order chi connectivity index (χ1) is 12.9. The molecule has 156 valence electrons. The van der Waals surface area contributed by atoms with Crippen molar-refractivity contribution in [2.75, 3.05) is 13.6 Å². The second-order valence-corrected chi connectivity index (χ2v) is 9.57. The summed E-state index contributed by atoms with van der Waals surface area (Å²) < 4.78 is 6.24. The van der Waals surface area contributed by atoms with Crippen molar-refractivity contribution in [1.29, 1.82) is 0 Å². The van der Waals surface area contributed by atoms with Crippen molar-refractivity contribution < 1.29 is 19.1 Å². The second kappa shape index (κ2) is 10.7. The van der Waals surface area contributed by atoms with E-state index in [4.69, 9.17) is 4.74 Å². The first-order valence-corrected chi connectivity index (χ1v) is 10.4. The molecule has 0 bridgehead atoms. The van der Waals surface area contributed by atoms with E-state index in [2.05, 4.69) is 15.9 Å². The van der Waals surface area contributed by atoms with Crippen molar-refractivity contribution in [3.63, 3.8) is 0 Å². The van der Waals surface area contributed by atoms with E-state index in [1.807, 2.05) is 38.1 Å². The van der Waals surface area contributed by atoms with Crippen LogP contribution in [0.15, 0.2) is 28.7 Å². The highest BCUT2D eigenvalue weighted by atomic mass is 79.9. The SMILES string of the molecule is CC(C)C[C@H](CC(=O)Cc1ccc(Br)cc1)C(=O)N(C)CC(=O)OC(C)(C)C. The average molecular weight is 454 g/mol. The van der Waals surface area contributed by atoms with Gasteiger partial charge >= 0.3 is 5.97 Å². The van der Waals surface area contributed by atoms with Crippen molar-refractivity contribution in [2.45, 2.75) is 59.5 Å². The maximum Gasteiger partial charge on any atom is 0.326 e. The number of nitrogens with zero attached hydrogens (tertiary/aromatic N) is 1. The van der Waals surface area contributed by atoms with Crippen molar-refractivity contribution in [2.24, 2.45) is 11.8 Å². The lowest BCUT2D eigenvalue weighted by molar-refractivity contribution is -0.159. The summed E-state index contributed by atoms with van der Waals surface area (Å²) in [6.45, 7) is 9.28. The van der Waals surface area contributed by atoms with Gasteiger partial charge in [-0.1, -0.05) is 41.9 Å². The molecule has 6 heteroatoms. The van der Waals surface area contributed by atoms with Crippen molar-refractivity contribution in [3.05, 3.63) is 34.3 Å². The van der Waals surface area contributed by atoms with Gasteiger partial charge in [-0.25, -0.2) is 0 Å². The summed E-state index contributed by atoms with van der Waals surface area (Å²) in [4.78, 5) is 38.8. The van der Waals surface area contributed by atoms with E-state index in [-0.39, 0.29) is 30.6 Å². The van der Waals surface area contributed by atoms with Crippen LogP contribution in [0.3, 0.4) is 0 Å². The molecule has 1 aromatic carbocycles. The third-order valence-electron chi connectivity index (χ3n) is 4.06. The zero-order chi connectivity index (χ0) is 21.5. The van der Waals surface area contributed by atoms with E-state index >= 15 is 0 Å². The summed E-state index contributed by atoms with van der Waals surface area (Å²) in [5.41, 5.74) is 0.324. The van der Waals surface area contributed by atoms with E-state index in [1.165, 1.54) is 4.90 Å². The molecule has 0 saturated carbocycles. The molecule has 1 amide bonds. The van der Waals surface area contributed by atoms with Crippen molar-refractivity contribution in [1.82, 2.24) is 4.90 Å². The normalized spacial score (nSPS) is 12.6. The first kappa shape index (κ1) is 24.3. The minimum Gasteiger partial charge on any atom is -0.459 e. The molecule has 5 nitrogen and oxygen atoms in total. The number of halogens is 1. The molecular formula is C22H32BrNO4. The van der Waals surface area contributed by atoms with E-state index in [0.29, 0.717) is 12.8 Å². The lowest BCUT2D eigenvalue weighted by Crippen LogP contribution is -2.40. The van der Waals surface area contributed by atoms with Gasteiger partial charge in [0.1, 0.15) is 17.9 Å². The van der Waals surface area contributed by atoms with Gasteiger partial charge in [-0.05, 0) is 50.8 Å². The lowest BCUT2D eigenvalue weighted by atomic mass is 9.89. The Morgan fingerprint density at radius 2 is 1.68 bits per heavy atom. The summed E-state index contributed by atoms with van der Waals surface area (Å²) in [5.74, 6) is -0.789. The standard InChI is InChI=1S/C22H32BrNO4/c1-15(2)11-17(13-19(25)12-16-7-9-18(23)10-8-16)21(27)24(6)14-20(26)28-22(3,4)5/h7-10,15,17H,11-14H2,1-6H3/t17-/m1/s1. The molecule has 0 aliphatic rings. The highest BCUT2D eigenvalue weighted by Gasteiger charge is 2.28. The predicted octanol–water partition coefficient (Wildman–Crippen LogP) is 4.41. The van der Waals surface area contributed by atoms with Crippen LogP contribution >= 0.6 is 15.9 Å². The summed E-state index contributed by atoms with van der Waals surface area (Å²) in [6, 6.07) is 7.59. The van der Waals surface area contributed by atoms with Crippen LogP contribution in [0.4, 0.5) is 0 Å². The fraction of sp³-hybridized carbons (Fsp3) is 0.591. The van der Waals surface area contributed by atoms with E-state index in [9.17, 15) is 14.4 Å². The van der Waals surface area contributed by atoms with Gasteiger partial charge in [0.2, 0.25) is 5.91 Å². The summed E-state index contributed by atoms with van der Waals surface area (Å²) in [7, 11) is 1.58. The molecule has 0 heterocycles. The van der Waals surface area contributed by atoms with Gasteiger partial charge in [-0.2, -0.15) is 0 Å². The highest BCUT2D eigenvalue weighted by molar-refractivity contribution is 9.10. The van der Waals surface area contributed by atoms with Crippen molar-refractivity contribution in [3.8, 4) is 0 Å². The molecule has 0 saturated heterocycles. The molecule has 0 fully saturated rings. The van der Waals surface area contributed by atoms with Crippen LogP contribution in [-0.4, -0.2) is 41.8 Å². The number of esters is 1. The van der Waals surface area contributed by atoms with Crippen LogP contribution in [0, 0.1) is 11.8 Å². The monoisotopic (exact) mass is 453 g/mol. The Hall–Kier alpha value is -1.69. The van der Waals surface area contributed by atoms with Gasteiger partial charge in [0.05, 0.1) is 0 Å². The summed E-state index contributed by atoms with van der Waals surface area (Å²) in [6.07, 6.45) is 1.07. The first-order valence-electron chi connectivity index (χ1n) is 9.60. The molecule has 0 aliphatic carbocycles. The Balaban J connectivity index is 2.74. The molecular weight excluding hydrogens is 422 g/mol. The fourth-order valence-electron chi connectivity index (χ4n) is 2.97. The van der Waals surface area contributed by atoms with E-state index < -0.39 is 17.5 Å². The molecule has 0 unspecified atom stereocenters. The third kappa shape index (κ3) is 9.49. The lowest BCUT2D eigenvalue weighted by Gasteiger charge is -2.26. The molecule has 0 spiro atoms. The Morgan fingerprint density at radius 3 is 2.18 bits per heavy atom. The Kier molecular flexibility index (Phi) is 9.34. The molecule has 0 aromatic heterocycles. The molecule has 28 heavy (non-hydrogen) atoms. The maximum absolute atomic E-state index is 12.9. The number of ether oxygens (including phenoxy) is 1. The number of Topliss-reactive ketones (excluding diaryl/α,β-unsaturated/α-hetero) is 1. The van der Waals surface area contributed by atoms with Crippen molar-refractivity contribution >= 4 is 33.6 Å². The smallest absolute Gasteiger partial charge is 0.326 e. The predicted molar refractivity (Wildman–Crippen MR) is 114 cm³/mol. The Labute approximate surface area is 176 Å². The van der Waals surface area contributed by atoms with Crippen LogP contribution in [-0.2, 0) is 25.5 Å². The van der Waals surface area contributed by atoms with Crippen LogP contribution in [0.25, 0.3) is 0 Å². The number of rotatable bonds is 9. The quantitative estimate of drug-likeness (QED) is 0.519. The molecule has 0 aliphatic heterocycles. The highest BCUT2D eigenvalue weighted by Crippen LogP contribution is 2.20. The van der Waals surface area contributed by atoms with Gasteiger partial charge in [0.25, 0.3) is 0 Å². The van der Waals surface area contributed by atoms with E-state index in [1.54, 1.807) is 27.8 Å². The number of amides is 1. The molecule has 1 aromatic rings. The topological polar surface area (TPSA) is 63.7 Å². The number of hydrogen-bond acceptors (Lipinski definition) is 4. The van der Waals surface area contributed by atoms with Gasteiger partial charge in [0, 0.05) is 30.3 Å². The second-order valence-electron chi connectivity index (χ2n) is 8.65. The molecule has 1 rings (SSSR count). The zero-order valence-electron chi connectivity index (χ0n) is 17.8. The third-order valence-corrected chi connectivity index (χ3v) is 4.58. The fourth-order valence-corrected chi connectivity index (χ4v) is 3.24. The molecule has 0 radical (unpaired) electrons. The van der Waals surface area contributed by atoms with Gasteiger partial charge in [-0.3, -0.25) is 14.4 Å². The Morgan fingerprint density at radius 1 is 1.11 bits per heavy atom. The minimum absolute atomic E-state index is 0.0204. The van der Waals surface area contributed by atoms with E-state index in [0.717, 1.165) is 10.0 Å². The number of hydrogen-bond donors (Lipinski definition) is 0. The summed E-state index contributed by atoms with van der Waals surface area (Å²) >= 11 is 3.38. The number of carbonyl (C=O) groups is 3. The van der Waals surface area contributed by atoms with Crippen LogP contribution in [0.5, 0.6) is 0 Å². The average Bonchev–Trinajstić information content (AvgIpc) is 2.53. The van der Waals surface area contributed by atoms with Gasteiger partial charge in [-0.15, -0.1) is 0 Å². The molecule has 0 N–H and O–H groups in total. The Bertz CT molecular complexity index is 677.